The Morgan fingerprint density at radius 3 is 2.62 bits per heavy atom. The molecular formula is C10H15N3O5S3. The molecule has 0 fully saturated rings. The van der Waals surface area contributed by atoms with Crippen molar-refractivity contribution in [3.05, 3.63) is 16.5 Å². The van der Waals surface area contributed by atoms with Gasteiger partial charge in [0.05, 0.1) is 16.6 Å². The van der Waals surface area contributed by atoms with Gasteiger partial charge in [-0.3, -0.25) is 5.01 Å². The Labute approximate surface area is 126 Å². The standard InChI is InChI=1S/C10H15N3O5S3/c1-3-13(12-14)8-4-6(2)20(15,16)10-7(8)5-9(19-10)21(11,17)18/h5-6,8H,3-4H2,1-2H3,(H2,11,17,18)/t6-,8-/m1/s1. The van der Waals surface area contributed by atoms with Crippen LogP contribution in [0.15, 0.2) is 19.8 Å². The summed E-state index contributed by atoms with van der Waals surface area (Å²) in [7, 11) is -7.62. The first-order chi connectivity index (χ1) is 9.62. The Bertz CT molecular complexity index is 768. The number of sulfone groups is 1. The number of hydrogen-bond donors (Lipinski definition) is 1. The zero-order chi connectivity index (χ0) is 16.0. The third-order valence-corrected chi connectivity index (χ3v) is 8.79. The van der Waals surface area contributed by atoms with Crippen LogP contribution in [0.2, 0.25) is 0 Å². The lowest BCUT2D eigenvalue weighted by molar-refractivity contribution is 0.197. The minimum absolute atomic E-state index is 0.0441. The van der Waals surface area contributed by atoms with Crippen molar-refractivity contribution >= 4 is 31.2 Å². The van der Waals surface area contributed by atoms with Crippen molar-refractivity contribution in [3.63, 3.8) is 0 Å². The van der Waals surface area contributed by atoms with Gasteiger partial charge in [0.25, 0.3) is 0 Å². The van der Waals surface area contributed by atoms with Gasteiger partial charge < -0.3 is 0 Å². The molecule has 0 spiro atoms. The molecule has 8 nitrogen and oxygen atoms in total. The van der Waals surface area contributed by atoms with Crippen LogP contribution in [-0.4, -0.2) is 33.6 Å². The minimum atomic E-state index is -4.00. The van der Waals surface area contributed by atoms with Crippen LogP contribution in [0.5, 0.6) is 0 Å². The summed E-state index contributed by atoms with van der Waals surface area (Å²) in [4.78, 5) is 10.9. The molecule has 2 N–H and O–H groups in total. The lowest BCUT2D eigenvalue weighted by Crippen LogP contribution is -2.34. The fourth-order valence-electron chi connectivity index (χ4n) is 2.33. The summed E-state index contributed by atoms with van der Waals surface area (Å²) in [6.45, 7) is 3.53. The van der Waals surface area contributed by atoms with Crippen LogP contribution in [0.1, 0.15) is 31.9 Å². The second kappa shape index (κ2) is 5.30. The Morgan fingerprint density at radius 1 is 1.52 bits per heavy atom. The van der Waals surface area contributed by atoms with Gasteiger partial charge in [0.2, 0.25) is 10.0 Å². The first kappa shape index (κ1) is 16.3. The molecule has 0 aliphatic carbocycles. The van der Waals surface area contributed by atoms with Crippen LogP contribution in [-0.2, 0) is 19.9 Å². The van der Waals surface area contributed by atoms with E-state index in [4.69, 9.17) is 5.14 Å². The average molecular weight is 353 g/mol. The molecule has 0 bridgehead atoms. The monoisotopic (exact) mass is 353 g/mol. The highest BCUT2D eigenvalue weighted by Gasteiger charge is 2.41. The molecule has 0 amide bonds. The predicted molar refractivity (Wildman–Crippen MR) is 77.9 cm³/mol. The Morgan fingerprint density at radius 2 is 2.14 bits per heavy atom. The number of thiophene rings is 1. The van der Waals surface area contributed by atoms with E-state index in [1.54, 1.807) is 6.92 Å². The van der Waals surface area contributed by atoms with Crippen LogP contribution in [0.25, 0.3) is 0 Å². The summed E-state index contributed by atoms with van der Waals surface area (Å²) in [5, 5.41) is 8.45. The van der Waals surface area contributed by atoms with Crippen LogP contribution < -0.4 is 5.14 Å². The van der Waals surface area contributed by atoms with Gasteiger partial charge in [-0.15, -0.1) is 16.2 Å². The van der Waals surface area contributed by atoms with Crippen molar-refractivity contribution < 1.29 is 16.8 Å². The van der Waals surface area contributed by atoms with Crippen LogP contribution >= 0.6 is 11.3 Å². The Balaban J connectivity index is 2.69. The molecule has 0 aromatic carbocycles. The van der Waals surface area contributed by atoms with Gasteiger partial charge in [0.1, 0.15) is 8.42 Å². The number of sulfonamides is 1. The smallest absolute Gasteiger partial charge is 0.247 e. The lowest BCUT2D eigenvalue weighted by atomic mass is 10.0. The first-order valence-electron chi connectivity index (χ1n) is 6.13. The van der Waals surface area contributed by atoms with Crippen molar-refractivity contribution in [1.29, 1.82) is 0 Å². The Kier molecular flexibility index (Phi) is 4.12. The number of primary sulfonamides is 1. The second-order valence-corrected chi connectivity index (χ2v) is 10.2. The van der Waals surface area contributed by atoms with E-state index in [9.17, 15) is 21.7 Å². The largest absolute Gasteiger partial charge is 0.254 e. The predicted octanol–water partition coefficient (Wildman–Crippen LogP) is 1.01. The van der Waals surface area contributed by atoms with Crippen molar-refractivity contribution in [1.82, 2.24) is 5.01 Å². The second-order valence-electron chi connectivity index (χ2n) is 4.80. The molecule has 1 aromatic heterocycles. The van der Waals surface area contributed by atoms with Crippen molar-refractivity contribution in [2.45, 2.75) is 40.0 Å². The fourth-order valence-corrected chi connectivity index (χ4v) is 6.73. The van der Waals surface area contributed by atoms with E-state index in [1.807, 2.05) is 0 Å². The van der Waals surface area contributed by atoms with E-state index >= 15 is 0 Å². The third-order valence-electron chi connectivity index (χ3n) is 3.47. The van der Waals surface area contributed by atoms with E-state index in [-0.39, 0.29) is 20.4 Å². The molecule has 21 heavy (non-hydrogen) atoms. The summed E-state index contributed by atoms with van der Waals surface area (Å²) in [5.74, 6) is 0. The maximum absolute atomic E-state index is 12.3. The molecule has 1 aliphatic rings. The van der Waals surface area contributed by atoms with Crippen molar-refractivity contribution in [2.75, 3.05) is 6.54 Å². The zero-order valence-electron chi connectivity index (χ0n) is 11.4. The van der Waals surface area contributed by atoms with Gasteiger partial charge in [-0.25, -0.2) is 22.0 Å². The number of nitrogens with two attached hydrogens (primary N) is 1. The van der Waals surface area contributed by atoms with Crippen LogP contribution in [0.4, 0.5) is 0 Å². The molecule has 2 heterocycles. The average Bonchev–Trinajstić information content (AvgIpc) is 2.83. The molecular weight excluding hydrogens is 338 g/mol. The molecule has 0 saturated carbocycles. The maximum Gasteiger partial charge on any atom is 0.247 e. The van der Waals surface area contributed by atoms with Gasteiger partial charge in [-0.1, -0.05) is 0 Å². The lowest BCUT2D eigenvalue weighted by Gasteiger charge is -2.31. The van der Waals surface area contributed by atoms with Gasteiger partial charge >= 0.3 is 0 Å². The van der Waals surface area contributed by atoms with E-state index < -0.39 is 31.2 Å². The topological polar surface area (TPSA) is 127 Å². The van der Waals surface area contributed by atoms with Gasteiger partial charge in [-0.05, 0) is 26.3 Å². The van der Waals surface area contributed by atoms with Gasteiger partial charge in [-0.2, -0.15) is 0 Å². The number of hydrogen-bond acceptors (Lipinski definition) is 7. The fraction of sp³-hybridized carbons (Fsp3) is 0.600. The summed E-state index contributed by atoms with van der Waals surface area (Å²) < 4.78 is 47.3. The number of rotatable bonds is 4. The maximum atomic E-state index is 12.3. The van der Waals surface area contributed by atoms with Crippen LogP contribution in [0, 0.1) is 4.91 Å². The van der Waals surface area contributed by atoms with Crippen molar-refractivity contribution in [3.8, 4) is 0 Å². The molecule has 2 rings (SSSR count). The molecule has 1 aromatic rings. The highest BCUT2D eigenvalue weighted by Crippen LogP contribution is 2.44. The summed E-state index contributed by atoms with van der Waals surface area (Å²) in [6.07, 6.45) is 0.176. The molecule has 0 saturated heterocycles. The van der Waals surface area contributed by atoms with Gasteiger partial charge in [0.15, 0.2) is 9.84 Å². The normalized spacial score (nSPS) is 24.3. The quantitative estimate of drug-likeness (QED) is 0.635. The molecule has 11 heteroatoms. The SMILES string of the molecule is CCN(N=O)[C@@H]1C[C@@H](C)S(=O)(=O)c2sc(S(N)(=O)=O)cc21. The van der Waals surface area contributed by atoms with Gasteiger partial charge in [0, 0.05) is 12.1 Å². The number of nitroso groups, excluding NO2 is 1. The van der Waals surface area contributed by atoms with E-state index in [2.05, 4.69) is 5.29 Å². The highest BCUT2D eigenvalue weighted by atomic mass is 32.3. The van der Waals surface area contributed by atoms with Crippen LogP contribution in [0.3, 0.4) is 0 Å². The Hall–Kier alpha value is -1.04. The molecule has 0 unspecified atom stereocenters. The van der Waals surface area contributed by atoms with E-state index in [0.717, 1.165) is 0 Å². The molecule has 2 atom stereocenters. The molecule has 0 radical (unpaired) electrons. The molecule has 118 valence electrons. The highest BCUT2D eigenvalue weighted by molar-refractivity contribution is 7.95. The van der Waals surface area contributed by atoms with E-state index in [1.165, 1.54) is 18.0 Å². The summed E-state index contributed by atoms with van der Waals surface area (Å²) in [6, 6.07) is 0.671. The first-order valence-corrected chi connectivity index (χ1v) is 10.0. The minimum Gasteiger partial charge on any atom is -0.254 e. The summed E-state index contributed by atoms with van der Waals surface area (Å²) in [5.41, 5.74) is 0.281. The third kappa shape index (κ3) is 2.70. The number of fused-ring (bicyclic) bond motifs is 1. The summed E-state index contributed by atoms with van der Waals surface area (Å²) >= 11 is 0.624. The van der Waals surface area contributed by atoms with E-state index in [0.29, 0.717) is 17.9 Å². The zero-order valence-corrected chi connectivity index (χ0v) is 13.8. The number of nitrogens with zero attached hydrogens (tertiary/aromatic N) is 2. The van der Waals surface area contributed by atoms with Crippen molar-refractivity contribution in [2.24, 2.45) is 10.4 Å². The molecule has 1 aliphatic heterocycles.